The van der Waals surface area contributed by atoms with Crippen LogP contribution < -0.4 is 0 Å². The first-order valence-electron chi connectivity index (χ1n) is 5.47. The van der Waals surface area contributed by atoms with E-state index in [1.54, 1.807) is 0 Å². The molecule has 0 aromatic carbocycles. The molecule has 0 amide bonds. The van der Waals surface area contributed by atoms with Crippen molar-refractivity contribution < 1.29 is 0 Å². The molecule has 0 N–H and O–H groups in total. The number of hydrogen-bond acceptors (Lipinski definition) is 1. The summed E-state index contributed by atoms with van der Waals surface area (Å²) in [5.74, 6) is 1.06. The SMILES string of the molecule is CCN1CCC(C2(C)CC2)CC1. The van der Waals surface area contributed by atoms with Crippen LogP contribution in [0.5, 0.6) is 0 Å². The maximum Gasteiger partial charge on any atom is -0.00160 e. The van der Waals surface area contributed by atoms with Gasteiger partial charge in [-0.25, -0.2) is 0 Å². The minimum Gasteiger partial charge on any atom is -0.304 e. The van der Waals surface area contributed by atoms with Gasteiger partial charge in [0.25, 0.3) is 0 Å². The zero-order chi connectivity index (χ0) is 8.60. The number of piperidine rings is 1. The van der Waals surface area contributed by atoms with Crippen LogP contribution in [0.3, 0.4) is 0 Å². The lowest BCUT2D eigenvalue weighted by Crippen LogP contribution is -2.35. The lowest BCUT2D eigenvalue weighted by molar-refractivity contribution is 0.149. The fourth-order valence-electron chi connectivity index (χ4n) is 2.55. The van der Waals surface area contributed by atoms with Crippen molar-refractivity contribution in [2.24, 2.45) is 11.3 Å². The van der Waals surface area contributed by atoms with Gasteiger partial charge in [0.15, 0.2) is 0 Å². The van der Waals surface area contributed by atoms with Gasteiger partial charge in [0.1, 0.15) is 0 Å². The molecule has 0 unspecified atom stereocenters. The van der Waals surface area contributed by atoms with Crippen molar-refractivity contribution in [2.45, 2.75) is 39.5 Å². The van der Waals surface area contributed by atoms with Gasteiger partial charge in [-0.3, -0.25) is 0 Å². The molecular weight excluding hydrogens is 146 g/mol. The molecule has 0 atom stereocenters. The second-order valence-corrected chi connectivity index (χ2v) is 4.86. The van der Waals surface area contributed by atoms with Gasteiger partial charge in [0, 0.05) is 0 Å². The van der Waals surface area contributed by atoms with Crippen LogP contribution in [0.15, 0.2) is 0 Å². The lowest BCUT2D eigenvalue weighted by atomic mass is 9.83. The molecule has 12 heavy (non-hydrogen) atoms. The first-order chi connectivity index (χ1) is 5.74. The Labute approximate surface area is 76.1 Å². The maximum absolute atomic E-state index is 2.59. The minimum atomic E-state index is 0.778. The van der Waals surface area contributed by atoms with Gasteiger partial charge in [-0.1, -0.05) is 13.8 Å². The minimum absolute atomic E-state index is 0.778. The Hall–Kier alpha value is -0.0400. The molecule has 1 nitrogen and oxygen atoms in total. The summed E-state index contributed by atoms with van der Waals surface area (Å²) < 4.78 is 0. The number of nitrogens with zero attached hydrogens (tertiary/aromatic N) is 1. The molecular formula is C11H21N. The van der Waals surface area contributed by atoms with Crippen molar-refractivity contribution in [1.82, 2.24) is 4.90 Å². The van der Waals surface area contributed by atoms with Crippen molar-refractivity contribution in [2.75, 3.05) is 19.6 Å². The molecule has 2 aliphatic rings. The van der Waals surface area contributed by atoms with Gasteiger partial charge in [-0.2, -0.15) is 0 Å². The predicted molar refractivity (Wildman–Crippen MR) is 52.2 cm³/mol. The van der Waals surface area contributed by atoms with E-state index in [1.165, 1.54) is 45.3 Å². The van der Waals surface area contributed by atoms with Crippen LogP contribution in [0.25, 0.3) is 0 Å². The Kier molecular flexibility index (Phi) is 2.16. The van der Waals surface area contributed by atoms with Gasteiger partial charge < -0.3 is 4.90 Å². The molecule has 0 radical (unpaired) electrons. The van der Waals surface area contributed by atoms with Crippen molar-refractivity contribution >= 4 is 0 Å². The number of rotatable bonds is 2. The standard InChI is InChI=1S/C11H21N/c1-3-12-8-4-10(5-9-12)11(2)6-7-11/h10H,3-9H2,1-2H3. The summed E-state index contributed by atoms with van der Waals surface area (Å²) in [5, 5.41) is 0. The summed E-state index contributed by atoms with van der Waals surface area (Å²) in [4.78, 5) is 2.59. The van der Waals surface area contributed by atoms with Gasteiger partial charge in [0.2, 0.25) is 0 Å². The van der Waals surface area contributed by atoms with Gasteiger partial charge in [-0.05, 0) is 56.7 Å². The van der Waals surface area contributed by atoms with Crippen molar-refractivity contribution in [3.63, 3.8) is 0 Å². The van der Waals surface area contributed by atoms with E-state index in [-0.39, 0.29) is 0 Å². The fraction of sp³-hybridized carbons (Fsp3) is 1.00. The van der Waals surface area contributed by atoms with E-state index < -0.39 is 0 Å². The molecule has 2 rings (SSSR count). The second kappa shape index (κ2) is 3.02. The molecule has 70 valence electrons. The molecule has 1 aliphatic heterocycles. The summed E-state index contributed by atoms with van der Waals surface area (Å²) in [7, 11) is 0. The molecule has 1 heteroatoms. The Morgan fingerprint density at radius 2 is 1.83 bits per heavy atom. The van der Waals surface area contributed by atoms with E-state index in [9.17, 15) is 0 Å². The fourth-order valence-corrected chi connectivity index (χ4v) is 2.55. The normalized spacial score (nSPS) is 30.5. The monoisotopic (exact) mass is 167 g/mol. The Morgan fingerprint density at radius 1 is 1.25 bits per heavy atom. The highest BCUT2D eigenvalue weighted by atomic mass is 15.1. The zero-order valence-electron chi connectivity index (χ0n) is 8.47. The Morgan fingerprint density at radius 3 is 2.25 bits per heavy atom. The maximum atomic E-state index is 2.59. The second-order valence-electron chi connectivity index (χ2n) is 4.86. The van der Waals surface area contributed by atoms with Crippen LogP contribution >= 0.6 is 0 Å². The van der Waals surface area contributed by atoms with Gasteiger partial charge >= 0.3 is 0 Å². The Bertz CT molecular complexity index is 152. The zero-order valence-corrected chi connectivity index (χ0v) is 8.47. The highest BCUT2D eigenvalue weighted by molar-refractivity contribution is 4.96. The van der Waals surface area contributed by atoms with E-state index in [2.05, 4.69) is 18.7 Å². The quantitative estimate of drug-likeness (QED) is 0.611. The summed E-state index contributed by atoms with van der Waals surface area (Å²) in [6.45, 7) is 8.73. The van der Waals surface area contributed by atoms with Crippen LogP contribution in [0.2, 0.25) is 0 Å². The average Bonchev–Trinajstić information content (AvgIpc) is 2.85. The predicted octanol–water partition coefficient (Wildman–Crippen LogP) is 2.52. The molecule has 1 heterocycles. The van der Waals surface area contributed by atoms with Crippen LogP contribution in [-0.4, -0.2) is 24.5 Å². The van der Waals surface area contributed by atoms with E-state index >= 15 is 0 Å². The molecule has 0 aromatic rings. The first kappa shape index (κ1) is 8.55. The van der Waals surface area contributed by atoms with Crippen molar-refractivity contribution in [1.29, 1.82) is 0 Å². The van der Waals surface area contributed by atoms with Gasteiger partial charge in [0.05, 0.1) is 0 Å². The van der Waals surface area contributed by atoms with Crippen LogP contribution in [0, 0.1) is 11.3 Å². The molecule has 1 aliphatic carbocycles. The molecule has 0 bridgehead atoms. The molecule has 0 aromatic heterocycles. The number of hydrogen-bond donors (Lipinski definition) is 0. The summed E-state index contributed by atoms with van der Waals surface area (Å²) in [6, 6.07) is 0. The van der Waals surface area contributed by atoms with Crippen molar-refractivity contribution in [3.05, 3.63) is 0 Å². The average molecular weight is 167 g/mol. The van der Waals surface area contributed by atoms with E-state index in [0.29, 0.717) is 0 Å². The highest BCUT2D eigenvalue weighted by Gasteiger charge is 2.44. The third kappa shape index (κ3) is 1.52. The lowest BCUT2D eigenvalue weighted by Gasteiger charge is -2.34. The third-order valence-electron chi connectivity index (χ3n) is 4.06. The summed E-state index contributed by atoms with van der Waals surface area (Å²) >= 11 is 0. The topological polar surface area (TPSA) is 3.24 Å². The van der Waals surface area contributed by atoms with Crippen LogP contribution in [0.4, 0.5) is 0 Å². The molecule has 1 saturated heterocycles. The highest BCUT2D eigenvalue weighted by Crippen LogP contribution is 2.54. The van der Waals surface area contributed by atoms with Crippen molar-refractivity contribution in [3.8, 4) is 0 Å². The van der Waals surface area contributed by atoms with Crippen LogP contribution in [-0.2, 0) is 0 Å². The van der Waals surface area contributed by atoms with E-state index in [0.717, 1.165) is 11.3 Å². The third-order valence-corrected chi connectivity index (χ3v) is 4.06. The van der Waals surface area contributed by atoms with E-state index in [1.807, 2.05) is 0 Å². The molecule has 1 saturated carbocycles. The van der Waals surface area contributed by atoms with E-state index in [4.69, 9.17) is 0 Å². The largest absolute Gasteiger partial charge is 0.304 e. The van der Waals surface area contributed by atoms with Crippen LogP contribution in [0.1, 0.15) is 39.5 Å². The van der Waals surface area contributed by atoms with Gasteiger partial charge in [-0.15, -0.1) is 0 Å². The summed E-state index contributed by atoms with van der Waals surface area (Å²) in [5.41, 5.74) is 0.778. The molecule has 0 spiro atoms. The first-order valence-corrected chi connectivity index (χ1v) is 5.47. The Balaban J connectivity index is 1.82. The number of likely N-dealkylation sites (tertiary alicyclic amines) is 1. The smallest absolute Gasteiger partial charge is 0.00160 e. The summed E-state index contributed by atoms with van der Waals surface area (Å²) in [6.07, 6.45) is 5.93. The molecule has 2 fully saturated rings.